The number of alkyl halides is 3. The maximum absolute atomic E-state index is 12.1. The molecule has 1 aromatic carbocycles. The largest absolute Gasteiger partial charge is 0.480 e. The van der Waals surface area contributed by atoms with Crippen LogP contribution in [0.25, 0.3) is 0 Å². The van der Waals surface area contributed by atoms with Gasteiger partial charge < -0.3 is 15.7 Å². The van der Waals surface area contributed by atoms with Gasteiger partial charge in [0, 0.05) is 12.1 Å². The highest BCUT2D eigenvalue weighted by molar-refractivity contribution is 5.96. The first-order chi connectivity index (χ1) is 11.0. The lowest BCUT2D eigenvalue weighted by Crippen LogP contribution is -2.44. The van der Waals surface area contributed by atoms with Gasteiger partial charge in [0.05, 0.1) is 0 Å². The molecule has 1 atom stereocenters. The van der Waals surface area contributed by atoms with Gasteiger partial charge in [-0.05, 0) is 23.6 Å². The second-order valence-electron chi connectivity index (χ2n) is 5.41. The Kier molecular flexibility index (Phi) is 6.33. The molecule has 24 heavy (non-hydrogen) atoms. The monoisotopic (exact) mass is 346 g/mol. The zero-order valence-corrected chi connectivity index (χ0v) is 13.0. The highest BCUT2D eigenvalue weighted by Crippen LogP contribution is 2.14. The fourth-order valence-corrected chi connectivity index (χ4v) is 1.79. The molecule has 0 fully saturated rings. The smallest absolute Gasteiger partial charge is 0.471 e. The van der Waals surface area contributed by atoms with Crippen LogP contribution in [0, 0.1) is 5.92 Å². The first-order valence-electron chi connectivity index (χ1n) is 7.00. The number of benzene rings is 1. The molecule has 0 bridgehead atoms. The van der Waals surface area contributed by atoms with Crippen LogP contribution in [0.15, 0.2) is 24.3 Å². The minimum absolute atomic E-state index is 0.160. The molecular weight excluding hydrogens is 329 g/mol. The van der Waals surface area contributed by atoms with E-state index >= 15 is 0 Å². The Hall–Kier alpha value is -2.58. The molecule has 0 aromatic heterocycles. The van der Waals surface area contributed by atoms with Crippen molar-refractivity contribution in [3.8, 4) is 0 Å². The number of hydrogen-bond donors (Lipinski definition) is 3. The minimum Gasteiger partial charge on any atom is -0.480 e. The lowest BCUT2D eigenvalue weighted by atomic mass is 10.0. The number of aliphatic carboxylic acids is 1. The lowest BCUT2D eigenvalue weighted by molar-refractivity contribution is -0.173. The molecule has 1 unspecified atom stereocenters. The van der Waals surface area contributed by atoms with E-state index in [0.717, 1.165) is 0 Å². The van der Waals surface area contributed by atoms with Crippen LogP contribution in [0.4, 0.5) is 13.2 Å². The van der Waals surface area contributed by atoms with Crippen molar-refractivity contribution in [2.45, 2.75) is 32.6 Å². The van der Waals surface area contributed by atoms with Crippen LogP contribution in [0.3, 0.4) is 0 Å². The Labute approximate surface area is 136 Å². The molecule has 0 aliphatic carbocycles. The minimum atomic E-state index is -4.96. The Balaban J connectivity index is 2.68. The predicted molar refractivity (Wildman–Crippen MR) is 78.1 cm³/mol. The summed E-state index contributed by atoms with van der Waals surface area (Å²) in [5.41, 5.74) is 0.524. The highest BCUT2D eigenvalue weighted by Gasteiger charge is 2.38. The summed E-state index contributed by atoms with van der Waals surface area (Å²) in [5.74, 6) is -4.14. The average Bonchev–Trinajstić information content (AvgIpc) is 2.48. The Morgan fingerprint density at radius 2 is 1.67 bits per heavy atom. The third kappa shape index (κ3) is 5.56. The molecular formula is C15H17F3N2O4. The van der Waals surface area contributed by atoms with E-state index in [1.54, 1.807) is 19.2 Å². The Morgan fingerprint density at radius 1 is 1.12 bits per heavy atom. The quantitative estimate of drug-likeness (QED) is 0.731. The second kappa shape index (κ2) is 7.80. The number of carboxylic acid groups (broad SMARTS) is 1. The number of rotatable bonds is 6. The Morgan fingerprint density at radius 3 is 2.08 bits per heavy atom. The molecule has 0 aliphatic heterocycles. The first kappa shape index (κ1) is 19.5. The van der Waals surface area contributed by atoms with E-state index in [9.17, 15) is 27.6 Å². The zero-order valence-electron chi connectivity index (χ0n) is 13.0. The summed E-state index contributed by atoms with van der Waals surface area (Å²) < 4.78 is 36.2. The van der Waals surface area contributed by atoms with E-state index in [1.807, 2.05) is 0 Å². The van der Waals surface area contributed by atoms with Gasteiger partial charge >= 0.3 is 18.1 Å². The van der Waals surface area contributed by atoms with E-state index in [2.05, 4.69) is 5.32 Å². The fourth-order valence-electron chi connectivity index (χ4n) is 1.79. The molecule has 0 saturated heterocycles. The first-order valence-corrected chi connectivity index (χ1v) is 7.00. The summed E-state index contributed by atoms with van der Waals surface area (Å²) in [6.45, 7) is 2.95. The zero-order chi connectivity index (χ0) is 18.5. The van der Waals surface area contributed by atoms with Gasteiger partial charge in [0.15, 0.2) is 0 Å². The predicted octanol–water partition coefficient (Wildman–Crippen LogP) is 1.70. The molecule has 1 rings (SSSR count). The summed E-state index contributed by atoms with van der Waals surface area (Å²) in [5, 5.41) is 13.1. The van der Waals surface area contributed by atoms with Crippen LogP contribution in [-0.4, -0.2) is 35.1 Å². The topological polar surface area (TPSA) is 95.5 Å². The summed E-state index contributed by atoms with van der Waals surface area (Å²) >= 11 is 0. The van der Waals surface area contributed by atoms with Crippen molar-refractivity contribution < 1.29 is 32.7 Å². The van der Waals surface area contributed by atoms with Gasteiger partial charge in [0.1, 0.15) is 6.04 Å². The van der Waals surface area contributed by atoms with Crippen LogP contribution in [0.1, 0.15) is 29.8 Å². The molecule has 0 radical (unpaired) electrons. The highest BCUT2D eigenvalue weighted by atomic mass is 19.4. The number of carbonyl (C=O) groups excluding carboxylic acids is 2. The molecule has 1 aromatic rings. The van der Waals surface area contributed by atoms with Gasteiger partial charge in [-0.2, -0.15) is 13.2 Å². The van der Waals surface area contributed by atoms with Crippen molar-refractivity contribution >= 4 is 17.8 Å². The third-order valence-electron chi connectivity index (χ3n) is 3.15. The SMILES string of the molecule is CC(C)C(NC(=O)c1ccc(CNC(=O)C(F)(F)F)cc1)C(=O)O. The number of halogens is 3. The van der Waals surface area contributed by atoms with Gasteiger partial charge in [-0.25, -0.2) is 4.79 Å². The standard InChI is InChI=1S/C15H17F3N2O4/c1-8(2)11(13(22)23)20-12(21)10-5-3-9(4-6-10)7-19-14(24)15(16,17)18/h3-6,8,11H,7H2,1-2H3,(H,19,24)(H,20,21)(H,22,23). The summed E-state index contributed by atoms with van der Waals surface area (Å²) in [4.78, 5) is 33.7. The molecule has 0 spiro atoms. The average molecular weight is 346 g/mol. The third-order valence-corrected chi connectivity index (χ3v) is 3.15. The number of hydrogen-bond acceptors (Lipinski definition) is 3. The molecule has 9 heteroatoms. The van der Waals surface area contributed by atoms with E-state index in [-0.39, 0.29) is 18.0 Å². The van der Waals surface area contributed by atoms with Crippen molar-refractivity contribution in [3.63, 3.8) is 0 Å². The lowest BCUT2D eigenvalue weighted by Gasteiger charge is -2.18. The van der Waals surface area contributed by atoms with Crippen molar-refractivity contribution in [2.24, 2.45) is 5.92 Å². The van der Waals surface area contributed by atoms with Crippen LogP contribution < -0.4 is 10.6 Å². The summed E-state index contributed by atoms with van der Waals surface area (Å²) in [7, 11) is 0. The summed E-state index contributed by atoms with van der Waals surface area (Å²) in [6.07, 6.45) is -4.96. The van der Waals surface area contributed by atoms with E-state index < -0.39 is 30.0 Å². The van der Waals surface area contributed by atoms with Gasteiger partial charge in [-0.3, -0.25) is 9.59 Å². The van der Waals surface area contributed by atoms with Crippen molar-refractivity contribution in [2.75, 3.05) is 0 Å². The van der Waals surface area contributed by atoms with E-state index in [4.69, 9.17) is 5.11 Å². The van der Waals surface area contributed by atoms with Gasteiger partial charge in [-0.15, -0.1) is 0 Å². The van der Waals surface area contributed by atoms with Crippen molar-refractivity contribution in [1.82, 2.24) is 10.6 Å². The maximum atomic E-state index is 12.1. The van der Waals surface area contributed by atoms with Crippen LogP contribution in [0.5, 0.6) is 0 Å². The molecule has 132 valence electrons. The molecule has 0 heterocycles. The molecule has 0 saturated carbocycles. The van der Waals surface area contributed by atoms with Crippen molar-refractivity contribution in [1.29, 1.82) is 0 Å². The maximum Gasteiger partial charge on any atom is 0.471 e. The van der Waals surface area contributed by atoms with Gasteiger partial charge in [-0.1, -0.05) is 26.0 Å². The summed E-state index contributed by atoms with van der Waals surface area (Å²) in [6, 6.07) is 4.36. The van der Waals surface area contributed by atoms with Crippen LogP contribution in [-0.2, 0) is 16.1 Å². The van der Waals surface area contributed by atoms with Crippen molar-refractivity contribution in [3.05, 3.63) is 35.4 Å². The number of amides is 2. The molecule has 6 nitrogen and oxygen atoms in total. The number of carbonyl (C=O) groups is 3. The normalized spacial score (nSPS) is 12.6. The number of nitrogens with one attached hydrogen (secondary N) is 2. The molecule has 3 N–H and O–H groups in total. The van der Waals surface area contributed by atoms with E-state index in [1.165, 1.54) is 24.3 Å². The van der Waals surface area contributed by atoms with Gasteiger partial charge in [0.25, 0.3) is 5.91 Å². The number of carboxylic acids is 1. The van der Waals surface area contributed by atoms with Crippen LogP contribution >= 0.6 is 0 Å². The molecule has 2 amide bonds. The van der Waals surface area contributed by atoms with E-state index in [0.29, 0.717) is 5.56 Å². The fraction of sp³-hybridized carbons (Fsp3) is 0.400. The molecule has 0 aliphatic rings. The van der Waals surface area contributed by atoms with Gasteiger partial charge in [0.2, 0.25) is 0 Å². The Bertz CT molecular complexity index is 612. The van der Waals surface area contributed by atoms with Crippen LogP contribution in [0.2, 0.25) is 0 Å². The second-order valence-corrected chi connectivity index (χ2v) is 5.41.